The van der Waals surface area contributed by atoms with E-state index in [9.17, 15) is 27.6 Å². The molecule has 0 bridgehead atoms. The quantitative estimate of drug-likeness (QED) is 0.184. The molecule has 1 atom stereocenters. The van der Waals surface area contributed by atoms with E-state index >= 15 is 0 Å². The molecule has 0 fully saturated rings. The molecule has 2 amide bonds. The van der Waals surface area contributed by atoms with E-state index in [-0.39, 0.29) is 25.2 Å². The van der Waals surface area contributed by atoms with Gasteiger partial charge in [-0.3, -0.25) is 9.36 Å². The van der Waals surface area contributed by atoms with Crippen LogP contribution in [0.2, 0.25) is 5.02 Å². The molecule has 2 heterocycles. The van der Waals surface area contributed by atoms with Gasteiger partial charge in [-0.1, -0.05) is 48.9 Å². The third-order valence-electron chi connectivity index (χ3n) is 7.28. The highest BCUT2D eigenvalue weighted by Crippen LogP contribution is 2.32. The predicted molar refractivity (Wildman–Crippen MR) is 169 cm³/mol. The number of carbonyl (C=O) groups excluding carboxylic acids is 2. The minimum atomic E-state index is -4.56. The first-order valence-electron chi connectivity index (χ1n) is 14.9. The molecule has 4 rings (SSSR count). The Morgan fingerprint density at radius 3 is 2.30 bits per heavy atom. The van der Waals surface area contributed by atoms with Crippen molar-refractivity contribution in [2.24, 2.45) is 0 Å². The Morgan fingerprint density at radius 2 is 1.72 bits per heavy atom. The number of fused-ring (bicyclic) bond motifs is 1. The Kier molecular flexibility index (Phi) is 10.5. The molecule has 2 aromatic heterocycles. The fourth-order valence-electron chi connectivity index (χ4n) is 5.15. The average molecular weight is 660 g/mol. The summed E-state index contributed by atoms with van der Waals surface area (Å²) in [5.41, 5.74) is 0.147. The lowest BCUT2D eigenvalue weighted by Gasteiger charge is -2.33. The molecule has 9 nitrogen and oxygen atoms in total. The van der Waals surface area contributed by atoms with E-state index in [2.05, 4.69) is 10.4 Å². The first kappa shape index (κ1) is 34.6. The number of amides is 2. The lowest BCUT2D eigenvalue weighted by atomic mass is 10.0. The average Bonchev–Trinajstić information content (AvgIpc) is 3.28. The number of aryl methyl sites for hydroxylation is 1. The lowest BCUT2D eigenvalue weighted by molar-refractivity contribution is -0.137. The van der Waals surface area contributed by atoms with Gasteiger partial charge in [-0.2, -0.15) is 22.8 Å². The topological polar surface area (TPSA) is 97.9 Å². The van der Waals surface area contributed by atoms with Crippen molar-refractivity contribution in [3.05, 3.63) is 104 Å². The minimum Gasteiger partial charge on any atom is -0.444 e. The molecule has 2 aromatic carbocycles. The largest absolute Gasteiger partial charge is 0.444 e. The maximum Gasteiger partial charge on any atom is 0.416 e. The van der Waals surface area contributed by atoms with Crippen LogP contribution in [0.1, 0.15) is 79.5 Å². The van der Waals surface area contributed by atoms with E-state index < -0.39 is 41.1 Å². The Hall–Kier alpha value is -4.32. The molecule has 1 unspecified atom stereocenters. The van der Waals surface area contributed by atoms with Crippen LogP contribution in [0.25, 0.3) is 5.52 Å². The molecule has 46 heavy (non-hydrogen) atoms. The third-order valence-corrected chi connectivity index (χ3v) is 7.75. The van der Waals surface area contributed by atoms with Crippen molar-refractivity contribution in [1.29, 1.82) is 0 Å². The zero-order valence-corrected chi connectivity index (χ0v) is 27.1. The van der Waals surface area contributed by atoms with Crippen molar-refractivity contribution >= 4 is 29.1 Å². The molecule has 0 saturated carbocycles. The molecule has 0 aliphatic carbocycles. The number of rotatable bonds is 10. The van der Waals surface area contributed by atoms with Crippen molar-refractivity contribution < 1.29 is 27.5 Å². The van der Waals surface area contributed by atoms with Crippen molar-refractivity contribution in [3.8, 4) is 0 Å². The van der Waals surface area contributed by atoms with E-state index in [4.69, 9.17) is 16.3 Å². The number of alkyl halides is 3. The Bertz CT molecular complexity index is 1750. The molecule has 0 radical (unpaired) electrons. The second-order valence-electron chi connectivity index (χ2n) is 11.9. The summed E-state index contributed by atoms with van der Waals surface area (Å²) in [7, 11) is 0. The number of alkyl carbamates (subject to hydrolysis) is 1. The van der Waals surface area contributed by atoms with Gasteiger partial charge in [0.15, 0.2) is 0 Å². The van der Waals surface area contributed by atoms with Gasteiger partial charge in [0.1, 0.15) is 5.60 Å². The van der Waals surface area contributed by atoms with Gasteiger partial charge in [0, 0.05) is 24.3 Å². The summed E-state index contributed by atoms with van der Waals surface area (Å²) >= 11 is 6.56. The summed E-state index contributed by atoms with van der Waals surface area (Å²) in [6.45, 7) is 9.18. The van der Waals surface area contributed by atoms with Crippen LogP contribution >= 0.6 is 11.6 Å². The van der Waals surface area contributed by atoms with Gasteiger partial charge < -0.3 is 15.0 Å². The van der Waals surface area contributed by atoms with Gasteiger partial charge in [-0.25, -0.2) is 9.59 Å². The van der Waals surface area contributed by atoms with E-state index in [1.165, 1.54) is 14.0 Å². The number of nitrogens with zero attached hydrogens (tertiary/aromatic N) is 4. The van der Waals surface area contributed by atoms with Crippen LogP contribution in [-0.2, 0) is 17.5 Å². The number of carbonyl (C=O) groups is 2. The first-order chi connectivity index (χ1) is 21.6. The van der Waals surface area contributed by atoms with E-state index in [1.807, 2.05) is 37.3 Å². The third kappa shape index (κ3) is 8.09. The normalized spacial score (nSPS) is 12.6. The van der Waals surface area contributed by atoms with Crippen LogP contribution in [-0.4, -0.2) is 49.8 Å². The summed E-state index contributed by atoms with van der Waals surface area (Å²) in [6.07, 6.45) is -4.54. The maximum absolute atomic E-state index is 14.1. The van der Waals surface area contributed by atoms with Crippen molar-refractivity contribution in [3.63, 3.8) is 0 Å². The highest BCUT2D eigenvalue weighted by Gasteiger charge is 2.32. The molecule has 0 aliphatic rings. The Balaban J connectivity index is 1.78. The van der Waals surface area contributed by atoms with Gasteiger partial charge in [0.05, 0.1) is 34.4 Å². The number of hydrogen-bond acceptors (Lipinski definition) is 5. The van der Waals surface area contributed by atoms with Gasteiger partial charge in [0.2, 0.25) is 0 Å². The van der Waals surface area contributed by atoms with Crippen LogP contribution in [0.5, 0.6) is 0 Å². The second kappa shape index (κ2) is 14.0. The summed E-state index contributed by atoms with van der Waals surface area (Å²) in [4.78, 5) is 41.8. The Morgan fingerprint density at radius 1 is 1.07 bits per heavy atom. The summed E-state index contributed by atoms with van der Waals surface area (Å²) in [5, 5.41) is 7.29. The van der Waals surface area contributed by atoms with Gasteiger partial charge in [-0.05, 0) is 76.4 Å². The fourth-order valence-corrected chi connectivity index (χ4v) is 5.32. The number of hydrogen-bond donors (Lipinski definition) is 1. The lowest BCUT2D eigenvalue weighted by Crippen LogP contribution is -2.41. The number of nitrogens with one attached hydrogen (secondary N) is 1. The smallest absolute Gasteiger partial charge is 0.416 e. The molecular formula is C33H37ClF3N5O4. The van der Waals surface area contributed by atoms with Crippen LogP contribution in [0.3, 0.4) is 0 Å². The fraction of sp³-hybridized carbons (Fsp3) is 0.394. The molecule has 0 spiro atoms. The number of ether oxygens (including phenoxy) is 1. The highest BCUT2D eigenvalue weighted by molar-refractivity contribution is 6.34. The van der Waals surface area contributed by atoms with Crippen LogP contribution in [0, 0.1) is 6.92 Å². The zero-order chi connectivity index (χ0) is 33.8. The van der Waals surface area contributed by atoms with Crippen molar-refractivity contribution in [2.45, 2.75) is 71.8 Å². The van der Waals surface area contributed by atoms with Gasteiger partial charge in [0.25, 0.3) is 5.91 Å². The maximum atomic E-state index is 14.1. The van der Waals surface area contributed by atoms with Crippen LogP contribution < -0.4 is 11.0 Å². The standard InChI is InChI=1S/C33H37ClF3N5O4/c1-6-25(26-19-27-28(34)21(2)39-42(27)31(45)41(26)20-22-11-8-7-9-12-22)40(18-10-17-38-30(44)46-32(3,4)5)29(43)23-13-15-24(16-14-23)33(35,36)37/h7-9,11-16,19,25H,6,10,17-18,20H2,1-5H3,(H,38,44). The summed E-state index contributed by atoms with van der Waals surface area (Å²) in [6, 6.07) is 14.3. The molecule has 0 aliphatic heterocycles. The van der Waals surface area contributed by atoms with Crippen molar-refractivity contribution in [2.75, 3.05) is 13.1 Å². The number of benzene rings is 2. The van der Waals surface area contributed by atoms with Crippen LogP contribution in [0.4, 0.5) is 18.0 Å². The molecule has 0 saturated heterocycles. The van der Waals surface area contributed by atoms with E-state index in [0.717, 1.165) is 29.8 Å². The Labute approximate surface area is 269 Å². The molecule has 4 aromatic rings. The summed E-state index contributed by atoms with van der Waals surface area (Å²) in [5.74, 6) is -0.535. The SMILES string of the molecule is CCC(c1cc2c(Cl)c(C)nn2c(=O)n1Cc1ccccc1)N(CCCNC(=O)OC(C)(C)C)C(=O)c1ccc(C(F)(F)F)cc1. The first-order valence-corrected chi connectivity index (χ1v) is 15.3. The zero-order valence-electron chi connectivity index (χ0n) is 26.3. The molecule has 1 N–H and O–H groups in total. The highest BCUT2D eigenvalue weighted by atomic mass is 35.5. The molecule has 246 valence electrons. The summed E-state index contributed by atoms with van der Waals surface area (Å²) < 4.78 is 47.9. The monoisotopic (exact) mass is 659 g/mol. The van der Waals surface area contributed by atoms with Crippen LogP contribution in [0.15, 0.2) is 65.5 Å². The van der Waals surface area contributed by atoms with Gasteiger partial charge >= 0.3 is 18.0 Å². The van der Waals surface area contributed by atoms with Gasteiger partial charge in [-0.15, -0.1) is 0 Å². The minimum absolute atomic E-state index is 0.0443. The predicted octanol–water partition coefficient (Wildman–Crippen LogP) is 7.03. The molecule has 13 heteroatoms. The van der Waals surface area contributed by atoms with E-state index in [0.29, 0.717) is 34.8 Å². The molecular weight excluding hydrogens is 623 g/mol. The van der Waals surface area contributed by atoms with Crippen molar-refractivity contribution in [1.82, 2.24) is 24.4 Å². The second-order valence-corrected chi connectivity index (χ2v) is 12.3. The number of aromatic nitrogens is 3. The number of halogens is 4. The van der Waals surface area contributed by atoms with E-state index in [1.54, 1.807) is 33.8 Å².